The highest BCUT2D eigenvalue weighted by molar-refractivity contribution is 7.90. The highest BCUT2D eigenvalue weighted by Gasteiger charge is 2.22. The fourth-order valence-corrected chi connectivity index (χ4v) is 3.77. The van der Waals surface area contributed by atoms with E-state index in [-0.39, 0.29) is 10.9 Å². The zero-order chi connectivity index (χ0) is 13.3. The number of hydrogen-bond acceptors (Lipinski definition) is 3. The molecule has 1 unspecified atom stereocenters. The van der Waals surface area contributed by atoms with Crippen molar-refractivity contribution >= 4 is 21.4 Å². The second kappa shape index (κ2) is 5.15. The Kier molecular flexibility index (Phi) is 3.94. The molecule has 0 aromatic heterocycles. The Labute approximate surface area is 111 Å². The first kappa shape index (κ1) is 13.8. The van der Waals surface area contributed by atoms with E-state index in [0.29, 0.717) is 0 Å². The average molecular weight is 292 g/mol. The van der Waals surface area contributed by atoms with Gasteiger partial charge in [0.1, 0.15) is 10.7 Å². The maximum atomic E-state index is 13.9. The zero-order valence-electron chi connectivity index (χ0n) is 10.0. The number of sulfone groups is 1. The molecule has 0 saturated carbocycles. The van der Waals surface area contributed by atoms with Crippen LogP contribution in [0.3, 0.4) is 0 Å². The molecule has 0 spiro atoms. The van der Waals surface area contributed by atoms with Crippen molar-refractivity contribution in [2.75, 3.05) is 19.3 Å². The van der Waals surface area contributed by atoms with E-state index in [2.05, 4.69) is 5.32 Å². The molecule has 3 nitrogen and oxygen atoms in total. The molecule has 1 heterocycles. The van der Waals surface area contributed by atoms with Gasteiger partial charge < -0.3 is 5.32 Å². The fraction of sp³-hybridized carbons (Fsp3) is 0.500. The number of nitrogens with one attached hydrogen (secondary N) is 1. The van der Waals surface area contributed by atoms with Crippen molar-refractivity contribution in [1.29, 1.82) is 0 Å². The molecular formula is C12H15ClFNO2S. The maximum absolute atomic E-state index is 13.9. The smallest absolute Gasteiger partial charge is 0.179 e. The molecule has 100 valence electrons. The number of hydrogen-bond donors (Lipinski definition) is 1. The van der Waals surface area contributed by atoms with Gasteiger partial charge in [-0.3, -0.25) is 0 Å². The minimum absolute atomic E-state index is 0.0296. The van der Waals surface area contributed by atoms with Gasteiger partial charge in [0.25, 0.3) is 0 Å². The Bertz CT molecular complexity index is 530. The molecule has 1 aromatic carbocycles. The van der Waals surface area contributed by atoms with Crippen LogP contribution in [0.1, 0.15) is 24.3 Å². The minimum Gasteiger partial charge on any atom is -0.316 e. The lowest BCUT2D eigenvalue weighted by Crippen LogP contribution is -2.28. The minimum atomic E-state index is -3.63. The predicted octanol–water partition coefficient (Wildman–Crippen LogP) is 2.35. The molecule has 0 radical (unpaired) electrons. The molecule has 0 aliphatic carbocycles. The third-order valence-corrected chi connectivity index (χ3v) is 4.73. The summed E-state index contributed by atoms with van der Waals surface area (Å²) >= 11 is 5.90. The molecule has 1 aliphatic rings. The summed E-state index contributed by atoms with van der Waals surface area (Å²) in [4.78, 5) is -0.406. The second-order valence-electron chi connectivity index (χ2n) is 4.63. The van der Waals surface area contributed by atoms with Gasteiger partial charge in [-0.1, -0.05) is 11.6 Å². The summed E-state index contributed by atoms with van der Waals surface area (Å²) in [5.74, 6) is -0.565. The first-order valence-corrected chi connectivity index (χ1v) is 8.06. The Morgan fingerprint density at radius 2 is 2.17 bits per heavy atom. The Morgan fingerprint density at radius 1 is 1.44 bits per heavy atom. The van der Waals surface area contributed by atoms with Crippen LogP contribution in [0.2, 0.25) is 5.02 Å². The standard InChI is InChI=1S/C12H15ClFNO2S/c1-18(16,17)12-10(13)5-9(6-11(12)14)8-3-2-4-15-7-8/h5-6,8,15H,2-4,7H2,1H3. The molecule has 18 heavy (non-hydrogen) atoms. The van der Waals surface area contributed by atoms with Crippen molar-refractivity contribution in [1.82, 2.24) is 5.32 Å². The van der Waals surface area contributed by atoms with Crippen LogP contribution in [0, 0.1) is 5.82 Å². The Morgan fingerprint density at radius 3 is 2.67 bits per heavy atom. The van der Waals surface area contributed by atoms with Crippen LogP contribution in [-0.4, -0.2) is 27.8 Å². The molecule has 1 aliphatic heterocycles. The zero-order valence-corrected chi connectivity index (χ0v) is 11.6. The normalized spacial score (nSPS) is 20.9. The summed E-state index contributed by atoms with van der Waals surface area (Å²) in [6.45, 7) is 1.74. The summed E-state index contributed by atoms with van der Waals surface area (Å²) in [6, 6.07) is 2.86. The largest absolute Gasteiger partial charge is 0.316 e. The van der Waals surface area contributed by atoms with Crippen molar-refractivity contribution in [2.24, 2.45) is 0 Å². The molecule has 0 amide bonds. The van der Waals surface area contributed by atoms with E-state index in [1.807, 2.05) is 0 Å². The molecule has 0 bridgehead atoms. The van der Waals surface area contributed by atoms with E-state index in [4.69, 9.17) is 11.6 Å². The Balaban J connectivity index is 2.42. The average Bonchev–Trinajstić information content (AvgIpc) is 2.27. The maximum Gasteiger partial charge on any atom is 0.179 e. The first-order valence-electron chi connectivity index (χ1n) is 5.79. The summed E-state index contributed by atoms with van der Waals surface area (Å²) in [7, 11) is -3.63. The molecule has 6 heteroatoms. The van der Waals surface area contributed by atoms with Crippen molar-refractivity contribution < 1.29 is 12.8 Å². The summed E-state index contributed by atoms with van der Waals surface area (Å²) < 4.78 is 36.7. The van der Waals surface area contributed by atoms with Crippen LogP contribution in [0.15, 0.2) is 17.0 Å². The van der Waals surface area contributed by atoms with Crippen LogP contribution in [-0.2, 0) is 9.84 Å². The number of benzene rings is 1. The van der Waals surface area contributed by atoms with Gasteiger partial charge in [-0.2, -0.15) is 0 Å². The van der Waals surface area contributed by atoms with Gasteiger partial charge >= 0.3 is 0 Å². The van der Waals surface area contributed by atoms with Crippen molar-refractivity contribution in [2.45, 2.75) is 23.7 Å². The summed E-state index contributed by atoms with van der Waals surface area (Å²) in [5.41, 5.74) is 0.761. The quantitative estimate of drug-likeness (QED) is 0.910. The van der Waals surface area contributed by atoms with E-state index in [1.54, 1.807) is 6.07 Å². The molecule has 1 atom stereocenters. The second-order valence-corrected chi connectivity index (χ2v) is 6.99. The highest BCUT2D eigenvalue weighted by atomic mass is 35.5. The van der Waals surface area contributed by atoms with Crippen LogP contribution < -0.4 is 5.32 Å². The van der Waals surface area contributed by atoms with Gasteiger partial charge in [0, 0.05) is 12.8 Å². The molecule has 2 rings (SSSR count). The van der Waals surface area contributed by atoms with Gasteiger partial charge in [0.05, 0.1) is 5.02 Å². The number of rotatable bonds is 2. The van der Waals surface area contributed by atoms with Crippen LogP contribution in [0.4, 0.5) is 4.39 Å². The van der Waals surface area contributed by atoms with Crippen molar-refractivity contribution in [3.8, 4) is 0 Å². The van der Waals surface area contributed by atoms with Crippen LogP contribution in [0.25, 0.3) is 0 Å². The highest BCUT2D eigenvalue weighted by Crippen LogP contribution is 2.31. The van der Waals surface area contributed by atoms with Crippen LogP contribution >= 0.6 is 11.6 Å². The summed E-state index contributed by atoms with van der Waals surface area (Å²) in [6.07, 6.45) is 2.94. The van der Waals surface area contributed by atoms with Crippen LogP contribution in [0.5, 0.6) is 0 Å². The molecule has 1 fully saturated rings. The van der Waals surface area contributed by atoms with Crippen molar-refractivity contribution in [3.63, 3.8) is 0 Å². The molecule has 1 aromatic rings. The molecular weight excluding hydrogens is 277 g/mol. The monoisotopic (exact) mass is 291 g/mol. The van der Waals surface area contributed by atoms with Gasteiger partial charge in [0.15, 0.2) is 9.84 Å². The summed E-state index contributed by atoms with van der Waals surface area (Å²) in [5, 5.41) is 3.20. The van der Waals surface area contributed by atoms with Gasteiger partial charge in [0.2, 0.25) is 0 Å². The molecule has 1 N–H and O–H groups in total. The topological polar surface area (TPSA) is 46.2 Å². The van der Waals surface area contributed by atoms with Crippen molar-refractivity contribution in [3.05, 3.63) is 28.5 Å². The first-order chi connectivity index (χ1) is 8.39. The van der Waals surface area contributed by atoms with E-state index in [1.165, 1.54) is 6.07 Å². The molecule has 1 saturated heterocycles. The van der Waals surface area contributed by atoms with Gasteiger partial charge in [-0.05, 0) is 43.0 Å². The SMILES string of the molecule is CS(=O)(=O)c1c(F)cc(C2CCCNC2)cc1Cl. The van der Waals surface area contributed by atoms with Gasteiger partial charge in [-0.15, -0.1) is 0 Å². The number of piperidine rings is 1. The van der Waals surface area contributed by atoms with Gasteiger partial charge in [-0.25, -0.2) is 12.8 Å². The Hall–Kier alpha value is -0.650. The van der Waals surface area contributed by atoms with E-state index in [9.17, 15) is 12.8 Å². The van der Waals surface area contributed by atoms with E-state index in [0.717, 1.165) is 37.8 Å². The predicted molar refractivity (Wildman–Crippen MR) is 69.4 cm³/mol. The fourth-order valence-electron chi connectivity index (χ4n) is 2.31. The van der Waals surface area contributed by atoms with E-state index >= 15 is 0 Å². The third-order valence-electron chi connectivity index (χ3n) is 3.16. The van der Waals surface area contributed by atoms with E-state index < -0.39 is 20.5 Å². The third kappa shape index (κ3) is 2.84. The lowest BCUT2D eigenvalue weighted by molar-refractivity contribution is 0.459. The lowest BCUT2D eigenvalue weighted by atomic mass is 9.92. The lowest BCUT2D eigenvalue weighted by Gasteiger charge is -2.23. The number of halogens is 2.